The van der Waals surface area contributed by atoms with Gasteiger partial charge in [-0.15, -0.1) is 0 Å². The minimum atomic E-state index is -3.93. The van der Waals surface area contributed by atoms with Crippen LogP contribution in [-0.2, 0) is 20.0 Å². The van der Waals surface area contributed by atoms with Gasteiger partial charge in [0, 0.05) is 18.8 Å². The number of sulfonamides is 2. The molecule has 144 valence electrons. The quantitative estimate of drug-likeness (QED) is 0.751. The van der Waals surface area contributed by atoms with Crippen LogP contribution in [0.3, 0.4) is 0 Å². The summed E-state index contributed by atoms with van der Waals surface area (Å²) < 4.78 is 53.6. The molecule has 0 bridgehead atoms. The van der Waals surface area contributed by atoms with Crippen molar-refractivity contribution in [2.45, 2.75) is 22.6 Å². The van der Waals surface area contributed by atoms with E-state index in [4.69, 9.17) is 5.11 Å². The van der Waals surface area contributed by atoms with E-state index in [1.165, 1.54) is 52.8 Å². The van der Waals surface area contributed by atoms with Crippen LogP contribution >= 0.6 is 0 Å². The second kappa shape index (κ2) is 7.29. The van der Waals surface area contributed by atoms with Crippen LogP contribution in [0.15, 0.2) is 58.3 Å². The summed E-state index contributed by atoms with van der Waals surface area (Å²) in [4.78, 5) is 10.8. The van der Waals surface area contributed by atoms with E-state index >= 15 is 0 Å². The van der Waals surface area contributed by atoms with Gasteiger partial charge in [-0.25, -0.2) is 21.6 Å². The molecule has 1 fully saturated rings. The number of nitrogens with one attached hydrogen (secondary N) is 1. The first-order valence-corrected chi connectivity index (χ1v) is 11.1. The molecule has 0 atom stereocenters. The summed E-state index contributed by atoms with van der Waals surface area (Å²) in [5, 5.41) is 8.87. The third kappa shape index (κ3) is 4.12. The lowest BCUT2D eigenvalue weighted by atomic mass is 10.2. The van der Waals surface area contributed by atoms with Crippen molar-refractivity contribution in [3.8, 4) is 0 Å². The molecule has 10 heteroatoms. The lowest BCUT2D eigenvalue weighted by Crippen LogP contribution is -2.27. The van der Waals surface area contributed by atoms with Crippen LogP contribution in [0, 0.1) is 0 Å². The highest BCUT2D eigenvalue weighted by atomic mass is 32.2. The summed E-state index contributed by atoms with van der Waals surface area (Å²) >= 11 is 0. The van der Waals surface area contributed by atoms with Gasteiger partial charge in [-0.1, -0.05) is 0 Å². The van der Waals surface area contributed by atoms with Gasteiger partial charge in [-0.05, 0) is 61.4 Å². The van der Waals surface area contributed by atoms with Crippen LogP contribution in [0.25, 0.3) is 0 Å². The van der Waals surface area contributed by atoms with Gasteiger partial charge in [0.1, 0.15) is 0 Å². The maximum Gasteiger partial charge on any atom is 0.335 e. The normalized spacial score (nSPS) is 15.6. The first-order valence-electron chi connectivity index (χ1n) is 8.16. The molecule has 0 aromatic heterocycles. The minimum absolute atomic E-state index is 0.0365. The first kappa shape index (κ1) is 19.3. The second-order valence-electron chi connectivity index (χ2n) is 6.07. The highest BCUT2D eigenvalue weighted by Crippen LogP contribution is 2.23. The number of hydrogen-bond acceptors (Lipinski definition) is 5. The Balaban J connectivity index is 1.80. The second-order valence-corrected chi connectivity index (χ2v) is 9.69. The molecule has 0 spiro atoms. The first-order chi connectivity index (χ1) is 12.7. The number of nitrogens with zero attached hydrogens (tertiary/aromatic N) is 1. The fourth-order valence-electron chi connectivity index (χ4n) is 2.76. The van der Waals surface area contributed by atoms with Crippen LogP contribution in [0.5, 0.6) is 0 Å². The molecule has 3 rings (SSSR count). The Kier molecular flexibility index (Phi) is 5.22. The van der Waals surface area contributed by atoms with Gasteiger partial charge in [0.15, 0.2) is 0 Å². The number of anilines is 1. The van der Waals surface area contributed by atoms with E-state index in [1.807, 2.05) is 0 Å². The summed E-state index contributed by atoms with van der Waals surface area (Å²) in [5.74, 6) is -1.11. The number of rotatable bonds is 6. The van der Waals surface area contributed by atoms with Crippen molar-refractivity contribution >= 4 is 31.7 Å². The summed E-state index contributed by atoms with van der Waals surface area (Å²) in [6.45, 7) is 0.937. The molecular formula is C17H18N2O6S2. The molecule has 1 aliphatic heterocycles. The number of carboxylic acids is 1. The van der Waals surface area contributed by atoms with Crippen molar-refractivity contribution in [1.82, 2.24) is 4.31 Å². The predicted molar refractivity (Wildman–Crippen MR) is 98.6 cm³/mol. The van der Waals surface area contributed by atoms with Gasteiger partial charge in [0.05, 0.1) is 15.4 Å². The van der Waals surface area contributed by atoms with Crippen molar-refractivity contribution in [3.63, 3.8) is 0 Å². The van der Waals surface area contributed by atoms with E-state index in [9.17, 15) is 21.6 Å². The van der Waals surface area contributed by atoms with Crippen LogP contribution in [0.2, 0.25) is 0 Å². The monoisotopic (exact) mass is 410 g/mol. The Bertz CT molecular complexity index is 1040. The molecule has 2 N–H and O–H groups in total. The van der Waals surface area contributed by atoms with Gasteiger partial charge in [0.2, 0.25) is 10.0 Å². The van der Waals surface area contributed by atoms with Gasteiger partial charge >= 0.3 is 5.97 Å². The van der Waals surface area contributed by atoms with Crippen LogP contribution in [0.4, 0.5) is 5.69 Å². The zero-order valence-electron chi connectivity index (χ0n) is 14.2. The summed E-state index contributed by atoms with van der Waals surface area (Å²) in [7, 11) is -7.54. The molecule has 1 aliphatic rings. The fraction of sp³-hybridized carbons (Fsp3) is 0.235. The topological polar surface area (TPSA) is 121 Å². The zero-order chi connectivity index (χ0) is 19.7. The van der Waals surface area contributed by atoms with E-state index in [-0.39, 0.29) is 21.0 Å². The minimum Gasteiger partial charge on any atom is -0.478 e. The maximum absolute atomic E-state index is 12.5. The van der Waals surface area contributed by atoms with Crippen molar-refractivity contribution in [1.29, 1.82) is 0 Å². The molecule has 27 heavy (non-hydrogen) atoms. The summed E-state index contributed by atoms with van der Waals surface area (Å²) in [6.07, 6.45) is 1.63. The SMILES string of the molecule is O=C(O)c1ccc(NS(=O)(=O)c2ccc(S(=O)(=O)N3CCCC3)cc2)cc1. The number of carbonyl (C=O) groups is 1. The molecule has 1 heterocycles. The van der Waals surface area contributed by atoms with E-state index in [1.54, 1.807) is 0 Å². The molecule has 2 aromatic rings. The molecular weight excluding hydrogens is 392 g/mol. The standard InChI is InChI=1S/C17H18N2O6S2/c20-17(21)13-3-5-14(6-4-13)18-26(22,23)15-7-9-16(10-8-15)27(24,25)19-11-1-2-12-19/h3-10,18H,1-2,11-12H2,(H,20,21). The third-order valence-corrected chi connectivity index (χ3v) is 7.53. The number of aromatic carboxylic acids is 1. The van der Waals surface area contributed by atoms with Crippen molar-refractivity contribution in [3.05, 3.63) is 54.1 Å². The Morgan fingerprint density at radius 3 is 1.89 bits per heavy atom. The van der Waals surface area contributed by atoms with Crippen molar-refractivity contribution < 1.29 is 26.7 Å². The molecule has 0 aliphatic carbocycles. The van der Waals surface area contributed by atoms with Gasteiger partial charge in [-0.2, -0.15) is 4.31 Å². The Hall–Kier alpha value is -2.43. The lowest BCUT2D eigenvalue weighted by molar-refractivity contribution is 0.0697. The highest BCUT2D eigenvalue weighted by Gasteiger charge is 2.27. The molecule has 0 amide bonds. The molecule has 0 saturated carbocycles. The molecule has 2 aromatic carbocycles. The number of benzene rings is 2. The van der Waals surface area contributed by atoms with E-state index < -0.39 is 26.0 Å². The lowest BCUT2D eigenvalue weighted by Gasteiger charge is -2.15. The summed E-state index contributed by atoms with van der Waals surface area (Å²) in [5.41, 5.74) is 0.239. The predicted octanol–water partition coefficient (Wildman–Crippen LogP) is 1.97. The molecule has 1 saturated heterocycles. The summed E-state index contributed by atoms with van der Waals surface area (Å²) in [6, 6.07) is 10.3. The number of hydrogen-bond donors (Lipinski definition) is 2. The van der Waals surface area contributed by atoms with Gasteiger partial charge in [-0.3, -0.25) is 4.72 Å². The van der Waals surface area contributed by atoms with Gasteiger partial charge in [0.25, 0.3) is 10.0 Å². The van der Waals surface area contributed by atoms with Crippen molar-refractivity contribution in [2.24, 2.45) is 0 Å². The third-order valence-electron chi connectivity index (χ3n) is 4.22. The molecule has 0 radical (unpaired) electrons. The van der Waals surface area contributed by atoms with Gasteiger partial charge < -0.3 is 5.11 Å². The van der Waals surface area contributed by atoms with Crippen LogP contribution < -0.4 is 4.72 Å². The average Bonchev–Trinajstić information content (AvgIpc) is 3.17. The maximum atomic E-state index is 12.5. The highest BCUT2D eigenvalue weighted by molar-refractivity contribution is 7.92. The largest absolute Gasteiger partial charge is 0.478 e. The van der Waals surface area contributed by atoms with E-state index in [2.05, 4.69) is 4.72 Å². The Morgan fingerprint density at radius 2 is 1.37 bits per heavy atom. The fourth-order valence-corrected chi connectivity index (χ4v) is 5.34. The van der Waals surface area contributed by atoms with E-state index in [0.717, 1.165) is 12.8 Å². The number of carboxylic acid groups (broad SMARTS) is 1. The average molecular weight is 410 g/mol. The molecule has 8 nitrogen and oxygen atoms in total. The van der Waals surface area contributed by atoms with Crippen molar-refractivity contribution in [2.75, 3.05) is 17.8 Å². The Labute approximate surface area is 157 Å². The van der Waals surface area contributed by atoms with Crippen LogP contribution in [0.1, 0.15) is 23.2 Å². The smallest absolute Gasteiger partial charge is 0.335 e. The van der Waals surface area contributed by atoms with Crippen LogP contribution in [-0.4, -0.2) is 45.3 Å². The molecule has 0 unspecified atom stereocenters. The van der Waals surface area contributed by atoms with E-state index in [0.29, 0.717) is 13.1 Å². The zero-order valence-corrected chi connectivity index (χ0v) is 15.8. The Morgan fingerprint density at radius 1 is 0.852 bits per heavy atom.